The van der Waals surface area contributed by atoms with Gasteiger partial charge in [0.25, 0.3) is 0 Å². The van der Waals surface area contributed by atoms with Gasteiger partial charge in [-0.05, 0) is 42.5 Å². The number of anilines is 1. The first-order chi connectivity index (χ1) is 10.2. The molecule has 0 spiro atoms. The van der Waals surface area contributed by atoms with Crippen LogP contribution >= 0.6 is 0 Å². The summed E-state index contributed by atoms with van der Waals surface area (Å²) >= 11 is 0. The van der Waals surface area contributed by atoms with Crippen LogP contribution in [0.4, 0.5) is 5.69 Å². The predicted molar refractivity (Wildman–Crippen MR) is 86.4 cm³/mol. The third-order valence-corrected chi connectivity index (χ3v) is 4.56. The second kappa shape index (κ2) is 5.72. The second-order valence-corrected chi connectivity index (χ2v) is 5.81. The Labute approximate surface area is 126 Å². The van der Waals surface area contributed by atoms with Gasteiger partial charge < -0.3 is 5.32 Å². The largest absolute Gasteiger partial charge is 0.325 e. The van der Waals surface area contributed by atoms with Crippen molar-refractivity contribution in [3.05, 3.63) is 65.7 Å². The van der Waals surface area contributed by atoms with Gasteiger partial charge in [0, 0.05) is 5.69 Å². The molecule has 0 bridgehead atoms. The molecule has 3 rings (SSSR count). The summed E-state index contributed by atoms with van der Waals surface area (Å²) in [5, 5.41) is 3.12. The maximum absolute atomic E-state index is 12.8. The fourth-order valence-corrected chi connectivity index (χ4v) is 3.05. The minimum atomic E-state index is -0.330. The van der Waals surface area contributed by atoms with Crippen molar-refractivity contribution in [2.75, 3.05) is 5.32 Å². The smallest absolute Gasteiger partial charge is 0.235 e. The maximum atomic E-state index is 12.8. The Hall–Kier alpha value is -2.09. The van der Waals surface area contributed by atoms with Crippen LogP contribution in [-0.4, -0.2) is 5.91 Å². The highest BCUT2D eigenvalue weighted by atomic mass is 16.2. The molecule has 0 aliphatic heterocycles. The number of benzene rings is 2. The minimum Gasteiger partial charge on any atom is -0.325 e. The molecule has 1 aliphatic rings. The van der Waals surface area contributed by atoms with Crippen molar-refractivity contribution in [1.29, 1.82) is 0 Å². The molecule has 1 fully saturated rings. The molecule has 0 unspecified atom stereocenters. The summed E-state index contributed by atoms with van der Waals surface area (Å²) in [6.07, 6.45) is 3.98. The fourth-order valence-electron chi connectivity index (χ4n) is 3.05. The highest BCUT2D eigenvalue weighted by molar-refractivity contribution is 6.00. The van der Waals surface area contributed by atoms with E-state index in [4.69, 9.17) is 0 Å². The molecule has 108 valence electrons. The summed E-state index contributed by atoms with van der Waals surface area (Å²) in [7, 11) is 0. The van der Waals surface area contributed by atoms with Crippen molar-refractivity contribution in [2.45, 2.75) is 38.0 Å². The number of carbonyl (C=O) groups is 1. The van der Waals surface area contributed by atoms with Gasteiger partial charge in [-0.2, -0.15) is 0 Å². The van der Waals surface area contributed by atoms with Crippen LogP contribution in [0.1, 0.15) is 37.3 Å². The van der Waals surface area contributed by atoms with Gasteiger partial charge in [0.05, 0.1) is 5.41 Å². The van der Waals surface area contributed by atoms with Crippen LogP contribution in [0, 0.1) is 0 Å². The Morgan fingerprint density at radius 2 is 1.86 bits per heavy atom. The number of amides is 1. The van der Waals surface area contributed by atoms with Crippen LogP contribution in [-0.2, 0) is 16.6 Å². The number of aryl methyl sites for hydroxylation is 1. The summed E-state index contributed by atoms with van der Waals surface area (Å²) < 4.78 is 0. The minimum absolute atomic E-state index is 0.133. The predicted octanol–water partition coefficient (Wildman–Crippen LogP) is 4.31. The third-order valence-electron chi connectivity index (χ3n) is 4.56. The maximum Gasteiger partial charge on any atom is 0.235 e. The average Bonchev–Trinajstić information content (AvgIpc) is 2.47. The summed E-state index contributed by atoms with van der Waals surface area (Å²) in [5.41, 5.74) is 2.96. The van der Waals surface area contributed by atoms with Gasteiger partial charge in [-0.25, -0.2) is 0 Å². The Morgan fingerprint density at radius 3 is 2.48 bits per heavy atom. The van der Waals surface area contributed by atoms with E-state index in [0.29, 0.717) is 0 Å². The lowest BCUT2D eigenvalue weighted by Gasteiger charge is -2.40. The molecule has 1 saturated carbocycles. The molecule has 0 heterocycles. The molecule has 1 aliphatic carbocycles. The number of hydrogen-bond donors (Lipinski definition) is 1. The van der Waals surface area contributed by atoms with Gasteiger partial charge in [-0.1, -0.05) is 55.8 Å². The lowest BCUT2D eigenvalue weighted by Crippen LogP contribution is -2.45. The van der Waals surface area contributed by atoms with Crippen molar-refractivity contribution in [3.8, 4) is 0 Å². The molecular formula is C19H21NO. The average molecular weight is 279 g/mol. The van der Waals surface area contributed by atoms with E-state index in [2.05, 4.69) is 36.5 Å². The highest BCUT2D eigenvalue weighted by Gasteiger charge is 2.45. The zero-order valence-corrected chi connectivity index (χ0v) is 12.4. The Morgan fingerprint density at radius 1 is 1.10 bits per heavy atom. The van der Waals surface area contributed by atoms with Gasteiger partial charge in [-0.3, -0.25) is 4.79 Å². The molecule has 0 saturated heterocycles. The number of nitrogens with one attached hydrogen (secondary N) is 1. The Bertz CT molecular complexity index is 629. The third kappa shape index (κ3) is 2.58. The van der Waals surface area contributed by atoms with Crippen LogP contribution < -0.4 is 5.32 Å². The molecule has 0 aromatic heterocycles. The fraction of sp³-hybridized carbons (Fsp3) is 0.316. The highest BCUT2D eigenvalue weighted by Crippen LogP contribution is 2.44. The zero-order valence-electron chi connectivity index (χ0n) is 12.4. The molecule has 1 amide bonds. The van der Waals surface area contributed by atoms with Gasteiger partial charge in [-0.15, -0.1) is 0 Å². The first-order valence-electron chi connectivity index (χ1n) is 7.70. The van der Waals surface area contributed by atoms with Gasteiger partial charge in [0.15, 0.2) is 0 Å². The molecule has 0 radical (unpaired) electrons. The molecule has 2 aromatic rings. The van der Waals surface area contributed by atoms with E-state index in [0.717, 1.165) is 36.9 Å². The molecule has 1 N–H and O–H groups in total. The SMILES string of the molecule is CCc1cccc(NC(=O)C2(c3ccccc3)CCC2)c1. The lowest BCUT2D eigenvalue weighted by atomic mass is 9.64. The summed E-state index contributed by atoms with van der Waals surface area (Å²) in [4.78, 5) is 12.8. The second-order valence-electron chi connectivity index (χ2n) is 5.81. The van der Waals surface area contributed by atoms with Crippen LogP contribution in [0.3, 0.4) is 0 Å². The van der Waals surface area contributed by atoms with Crippen molar-refractivity contribution in [2.24, 2.45) is 0 Å². The molecule has 21 heavy (non-hydrogen) atoms. The lowest BCUT2D eigenvalue weighted by molar-refractivity contribution is -0.124. The quantitative estimate of drug-likeness (QED) is 0.887. The normalized spacial score (nSPS) is 16.0. The summed E-state index contributed by atoms with van der Waals surface area (Å²) in [6, 6.07) is 18.3. The number of hydrogen-bond acceptors (Lipinski definition) is 1. The summed E-state index contributed by atoms with van der Waals surface area (Å²) in [5.74, 6) is 0.133. The molecule has 2 aromatic carbocycles. The van der Waals surface area contributed by atoms with Gasteiger partial charge in [0.2, 0.25) is 5.91 Å². The van der Waals surface area contributed by atoms with E-state index in [9.17, 15) is 4.79 Å². The number of rotatable bonds is 4. The van der Waals surface area contributed by atoms with E-state index in [1.165, 1.54) is 5.56 Å². The topological polar surface area (TPSA) is 29.1 Å². The van der Waals surface area contributed by atoms with E-state index in [1.54, 1.807) is 0 Å². The first kappa shape index (κ1) is 13.9. The van der Waals surface area contributed by atoms with Crippen LogP contribution in [0.2, 0.25) is 0 Å². The zero-order chi connectivity index (χ0) is 14.7. The van der Waals surface area contributed by atoms with Crippen molar-refractivity contribution in [3.63, 3.8) is 0 Å². The van der Waals surface area contributed by atoms with Crippen molar-refractivity contribution >= 4 is 11.6 Å². The van der Waals surface area contributed by atoms with E-state index < -0.39 is 0 Å². The van der Waals surface area contributed by atoms with Crippen LogP contribution in [0.5, 0.6) is 0 Å². The van der Waals surface area contributed by atoms with Crippen molar-refractivity contribution in [1.82, 2.24) is 0 Å². The first-order valence-corrected chi connectivity index (χ1v) is 7.70. The number of carbonyl (C=O) groups excluding carboxylic acids is 1. The van der Waals surface area contributed by atoms with E-state index >= 15 is 0 Å². The Kier molecular flexibility index (Phi) is 3.78. The molecular weight excluding hydrogens is 258 g/mol. The van der Waals surface area contributed by atoms with E-state index in [-0.39, 0.29) is 11.3 Å². The Balaban J connectivity index is 1.83. The van der Waals surface area contributed by atoms with Crippen LogP contribution in [0.25, 0.3) is 0 Å². The van der Waals surface area contributed by atoms with Gasteiger partial charge >= 0.3 is 0 Å². The van der Waals surface area contributed by atoms with Crippen LogP contribution in [0.15, 0.2) is 54.6 Å². The summed E-state index contributed by atoms with van der Waals surface area (Å²) in [6.45, 7) is 2.12. The van der Waals surface area contributed by atoms with Gasteiger partial charge in [0.1, 0.15) is 0 Å². The van der Waals surface area contributed by atoms with E-state index in [1.807, 2.05) is 30.3 Å². The monoisotopic (exact) mass is 279 g/mol. The standard InChI is InChI=1S/C19H21NO/c1-2-15-8-6-11-17(14-15)20-18(21)19(12-7-13-19)16-9-4-3-5-10-16/h3-6,8-11,14H,2,7,12-13H2,1H3,(H,20,21). The molecule has 2 nitrogen and oxygen atoms in total. The molecule has 2 heteroatoms. The van der Waals surface area contributed by atoms with Crippen molar-refractivity contribution < 1.29 is 4.79 Å². The molecule has 0 atom stereocenters.